The molecule has 3 aliphatic rings. The normalized spacial score (nSPS) is 28.3. The summed E-state index contributed by atoms with van der Waals surface area (Å²) in [6, 6.07) is -0.153. The minimum atomic E-state index is -4.32. The molecule has 0 bridgehead atoms. The van der Waals surface area contributed by atoms with Gasteiger partial charge in [-0.3, -0.25) is 4.79 Å². The van der Waals surface area contributed by atoms with E-state index < -0.39 is 12.2 Å². The van der Waals surface area contributed by atoms with E-state index >= 15 is 0 Å². The number of carbonyl (C=O) groups excluding carboxylic acids is 1. The van der Waals surface area contributed by atoms with E-state index in [1.165, 1.54) is 0 Å². The minimum absolute atomic E-state index is 0.0108. The van der Waals surface area contributed by atoms with Gasteiger partial charge in [-0.25, -0.2) is 4.68 Å². The standard InChI is InChI=1S/C20H27F3N4O/c1-13-10-18-24-16(12-17(20(21,22)23)27(18)25-13)15-6-8-26(9-7-15)19(28)11-14-4-2-3-5-14/h2,4,10,14-17,24H,3,5-9,11-12H2,1H3/t14?,16-,17+/m0/s1. The van der Waals surface area contributed by atoms with E-state index in [2.05, 4.69) is 22.6 Å². The smallest absolute Gasteiger partial charge is 0.367 e. The van der Waals surface area contributed by atoms with Crippen molar-refractivity contribution in [2.24, 2.45) is 11.8 Å². The molecule has 2 aliphatic heterocycles. The number of nitrogens with one attached hydrogen (secondary N) is 1. The Morgan fingerprint density at radius 2 is 2.04 bits per heavy atom. The van der Waals surface area contributed by atoms with Gasteiger partial charge in [0.25, 0.3) is 0 Å². The van der Waals surface area contributed by atoms with Gasteiger partial charge in [0.1, 0.15) is 5.82 Å². The Hall–Kier alpha value is -1.99. The van der Waals surface area contributed by atoms with Gasteiger partial charge in [0, 0.05) is 31.6 Å². The number of aryl methyl sites for hydroxylation is 1. The molecule has 0 spiro atoms. The quantitative estimate of drug-likeness (QED) is 0.784. The van der Waals surface area contributed by atoms with Crippen LogP contribution in [0.3, 0.4) is 0 Å². The number of halogens is 3. The first-order valence-corrected chi connectivity index (χ1v) is 10.1. The van der Waals surface area contributed by atoms with Crippen molar-refractivity contribution in [3.8, 4) is 0 Å². The van der Waals surface area contributed by atoms with Crippen LogP contribution in [-0.2, 0) is 4.79 Å². The van der Waals surface area contributed by atoms with E-state index in [1.807, 2.05) is 4.90 Å². The highest BCUT2D eigenvalue weighted by Crippen LogP contribution is 2.42. The van der Waals surface area contributed by atoms with Crippen LogP contribution in [-0.4, -0.2) is 45.9 Å². The number of carbonyl (C=O) groups is 1. The van der Waals surface area contributed by atoms with Gasteiger partial charge in [0.2, 0.25) is 5.91 Å². The Bertz CT molecular complexity index is 749. The van der Waals surface area contributed by atoms with Gasteiger partial charge in [-0.2, -0.15) is 18.3 Å². The van der Waals surface area contributed by atoms with Crippen molar-refractivity contribution < 1.29 is 18.0 Å². The number of nitrogens with zero attached hydrogens (tertiary/aromatic N) is 3. The van der Waals surface area contributed by atoms with Crippen molar-refractivity contribution >= 4 is 11.7 Å². The first-order chi connectivity index (χ1) is 13.3. The Balaban J connectivity index is 1.38. The number of rotatable bonds is 3. The second-order valence-electron chi connectivity index (χ2n) is 8.35. The monoisotopic (exact) mass is 396 g/mol. The topological polar surface area (TPSA) is 50.2 Å². The molecule has 1 aromatic rings. The second kappa shape index (κ2) is 7.44. The summed E-state index contributed by atoms with van der Waals surface area (Å²) in [6.07, 6.45) is 4.04. The summed E-state index contributed by atoms with van der Waals surface area (Å²) >= 11 is 0. The summed E-state index contributed by atoms with van der Waals surface area (Å²) in [6.45, 7) is 2.97. The Morgan fingerprint density at radius 1 is 1.29 bits per heavy atom. The largest absolute Gasteiger partial charge is 0.410 e. The molecule has 1 aliphatic carbocycles. The third-order valence-corrected chi connectivity index (χ3v) is 6.35. The predicted molar refractivity (Wildman–Crippen MR) is 99.9 cm³/mol. The van der Waals surface area contributed by atoms with Crippen LogP contribution < -0.4 is 5.32 Å². The lowest BCUT2D eigenvalue weighted by Gasteiger charge is -2.41. The van der Waals surface area contributed by atoms with Crippen LogP contribution in [0.25, 0.3) is 0 Å². The van der Waals surface area contributed by atoms with E-state index in [1.54, 1.807) is 13.0 Å². The molecule has 5 nitrogen and oxygen atoms in total. The van der Waals surface area contributed by atoms with Crippen LogP contribution in [0.1, 0.15) is 50.3 Å². The van der Waals surface area contributed by atoms with Gasteiger partial charge in [0.05, 0.1) is 5.69 Å². The summed E-state index contributed by atoms with van der Waals surface area (Å²) in [5, 5.41) is 7.32. The Labute approximate surface area is 163 Å². The van der Waals surface area contributed by atoms with Gasteiger partial charge in [-0.15, -0.1) is 0 Å². The van der Waals surface area contributed by atoms with E-state index in [9.17, 15) is 18.0 Å². The SMILES string of the molecule is Cc1cc2n(n1)[C@@H](C(F)(F)F)C[C@@H](C1CCN(C(=O)CC3C=CCC3)CC1)N2. The first-order valence-electron chi connectivity index (χ1n) is 10.1. The number of aromatic nitrogens is 2. The average molecular weight is 396 g/mol. The van der Waals surface area contributed by atoms with Crippen molar-refractivity contribution in [1.29, 1.82) is 0 Å². The zero-order chi connectivity index (χ0) is 19.9. The second-order valence-corrected chi connectivity index (χ2v) is 8.35. The molecule has 1 amide bonds. The molecular formula is C20H27F3N4O. The molecule has 0 aromatic carbocycles. The maximum Gasteiger partial charge on any atom is 0.410 e. The summed E-state index contributed by atoms with van der Waals surface area (Å²) in [4.78, 5) is 14.4. The Morgan fingerprint density at radius 3 is 2.68 bits per heavy atom. The maximum atomic E-state index is 13.6. The lowest BCUT2D eigenvalue weighted by molar-refractivity contribution is -0.174. The van der Waals surface area contributed by atoms with Crippen LogP contribution in [0.5, 0.6) is 0 Å². The van der Waals surface area contributed by atoms with Crippen molar-refractivity contribution in [2.45, 2.75) is 63.7 Å². The molecule has 1 unspecified atom stereocenters. The van der Waals surface area contributed by atoms with E-state index in [4.69, 9.17) is 0 Å². The molecule has 8 heteroatoms. The third-order valence-electron chi connectivity index (χ3n) is 6.35. The average Bonchev–Trinajstić information content (AvgIpc) is 3.28. The predicted octanol–water partition coefficient (Wildman–Crippen LogP) is 4.07. The van der Waals surface area contributed by atoms with Crippen molar-refractivity contribution in [1.82, 2.24) is 14.7 Å². The maximum absolute atomic E-state index is 13.6. The summed E-state index contributed by atoms with van der Waals surface area (Å²) in [5.41, 5.74) is 0.582. The summed E-state index contributed by atoms with van der Waals surface area (Å²) < 4.78 is 41.8. The van der Waals surface area contributed by atoms with E-state index in [0.29, 0.717) is 36.9 Å². The molecule has 3 heterocycles. The molecule has 28 heavy (non-hydrogen) atoms. The van der Waals surface area contributed by atoms with Gasteiger partial charge in [0.15, 0.2) is 6.04 Å². The highest BCUT2D eigenvalue weighted by atomic mass is 19.4. The fourth-order valence-corrected chi connectivity index (χ4v) is 4.80. The fourth-order valence-electron chi connectivity index (χ4n) is 4.80. The summed E-state index contributed by atoms with van der Waals surface area (Å²) in [7, 11) is 0. The zero-order valence-electron chi connectivity index (χ0n) is 16.1. The number of fused-ring (bicyclic) bond motifs is 1. The molecular weight excluding hydrogens is 369 g/mol. The molecule has 0 radical (unpaired) electrons. The molecule has 1 N–H and O–H groups in total. The lowest BCUT2D eigenvalue weighted by Crippen LogP contribution is -2.47. The van der Waals surface area contributed by atoms with Crippen LogP contribution >= 0.6 is 0 Å². The number of allylic oxidation sites excluding steroid dienone is 2. The van der Waals surface area contributed by atoms with Crippen molar-refractivity contribution in [3.63, 3.8) is 0 Å². The van der Waals surface area contributed by atoms with E-state index in [0.717, 1.165) is 30.4 Å². The van der Waals surface area contributed by atoms with Gasteiger partial charge < -0.3 is 10.2 Å². The number of hydrogen-bond donors (Lipinski definition) is 1. The molecule has 1 aromatic heterocycles. The highest BCUT2D eigenvalue weighted by molar-refractivity contribution is 5.76. The molecule has 1 saturated heterocycles. The van der Waals surface area contributed by atoms with Crippen molar-refractivity contribution in [3.05, 3.63) is 23.9 Å². The number of anilines is 1. The summed E-state index contributed by atoms with van der Waals surface area (Å²) in [5.74, 6) is 1.10. The minimum Gasteiger partial charge on any atom is -0.367 e. The number of alkyl halides is 3. The number of hydrogen-bond acceptors (Lipinski definition) is 3. The number of likely N-dealkylation sites (tertiary alicyclic amines) is 1. The zero-order valence-corrected chi connectivity index (χ0v) is 16.1. The third kappa shape index (κ3) is 3.91. The van der Waals surface area contributed by atoms with Crippen LogP contribution in [0.4, 0.5) is 19.0 Å². The van der Waals surface area contributed by atoms with Gasteiger partial charge >= 0.3 is 6.18 Å². The number of amides is 1. The van der Waals surface area contributed by atoms with Crippen LogP contribution in [0.2, 0.25) is 0 Å². The molecule has 0 saturated carbocycles. The first kappa shape index (κ1) is 19.3. The van der Waals surface area contributed by atoms with Crippen molar-refractivity contribution in [2.75, 3.05) is 18.4 Å². The van der Waals surface area contributed by atoms with Crippen LogP contribution in [0.15, 0.2) is 18.2 Å². The van der Waals surface area contributed by atoms with E-state index in [-0.39, 0.29) is 24.3 Å². The van der Waals surface area contributed by atoms with Gasteiger partial charge in [-0.05, 0) is 50.9 Å². The van der Waals surface area contributed by atoms with Gasteiger partial charge in [-0.1, -0.05) is 12.2 Å². The molecule has 1 fully saturated rings. The fraction of sp³-hybridized carbons (Fsp3) is 0.700. The molecule has 154 valence electrons. The number of piperidine rings is 1. The highest BCUT2D eigenvalue weighted by Gasteiger charge is 2.47. The Kier molecular flexibility index (Phi) is 5.14. The lowest BCUT2D eigenvalue weighted by atomic mass is 9.84. The van der Waals surface area contributed by atoms with Crippen LogP contribution in [0, 0.1) is 18.8 Å². The molecule has 3 atom stereocenters. The molecule has 4 rings (SSSR count).